The zero-order valence-electron chi connectivity index (χ0n) is 9.04. The second-order valence-corrected chi connectivity index (χ2v) is 5.50. The summed E-state index contributed by atoms with van der Waals surface area (Å²) >= 11 is 7.92. The van der Waals surface area contributed by atoms with Gasteiger partial charge in [0.2, 0.25) is 0 Å². The number of fused-ring (bicyclic) bond motifs is 2. The van der Waals surface area contributed by atoms with Crippen molar-refractivity contribution in [2.45, 2.75) is 17.1 Å². The van der Waals surface area contributed by atoms with E-state index in [-0.39, 0.29) is 5.82 Å². The maximum atomic E-state index is 13.2. The minimum atomic E-state index is -0.167. The molecule has 17 heavy (non-hydrogen) atoms. The quantitative estimate of drug-likeness (QED) is 0.666. The largest absolute Gasteiger partial charge is 0.207 e. The van der Waals surface area contributed by atoms with Crippen LogP contribution in [0.1, 0.15) is 16.7 Å². The predicted molar refractivity (Wildman–Crippen MR) is 70.2 cm³/mol. The van der Waals surface area contributed by atoms with Gasteiger partial charge in [-0.05, 0) is 41.3 Å². The number of halogens is 2. The first-order valence-corrected chi connectivity index (χ1v) is 6.78. The van der Waals surface area contributed by atoms with Crippen molar-refractivity contribution in [1.29, 1.82) is 0 Å². The van der Waals surface area contributed by atoms with Gasteiger partial charge in [0.1, 0.15) is 5.82 Å². The smallest absolute Gasteiger partial charge is 0.123 e. The van der Waals surface area contributed by atoms with Gasteiger partial charge in [0.15, 0.2) is 0 Å². The molecule has 3 rings (SSSR count). The Labute approximate surface area is 109 Å². The number of hydrogen-bond acceptors (Lipinski definition) is 1. The van der Waals surface area contributed by atoms with Crippen molar-refractivity contribution in [1.82, 2.24) is 0 Å². The van der Waals surface area contributed by atoms with E-state index in [0.717, 1.165) is 27.7 Å². The van der Waals surface area contributed by atoms with Crippen molar-refractivity contribution >= 4 is 23.4 Å². The van der Waals surface area contributed by atoms with Crippen LogP contribution in [0.3, 0.4) is 0 Å². The van der Waals surface area contributed by atoms with Gasteiger partial charge in [-0.25, -0.2) is 4.39 Å². The van der Waals surface area contributed by atoms with Crippen LogP contribution in [-0.2, 0) is 12.2 Å². The highest BCUT2D eigenvalue weighted by molar-refractivity contribution is 7.98. The van der Waals surface area contributed by atoms with Gasteiger partial charge in [0.05, 0.1) is 5.02 Å². The normalized spacial score (nSPS) is 13.8. The lowest BCUT2D eigenvalue weighted by Crippen LogP contribution is -1.93. The average Bonchev–Trinajstić information content (AvgIpc) is 2.48. The Kier molecular flexibility index (Phi) is 2.85. The molecule has 0 saturated carbocycles. The molecule has 0 amide bonds. The monoisotopic (exact) mass is 264 g/mol. The molecular formula is C14H10ClFS. The first kappa shape index (κ1) is 11.1. The highest BCUT2D eigenvalue weighted by Gasteiger charge is 2.16. The Hall–Kier alpha value is -0.990. The van der Waals surface area contributed by atoms with Crippen LogP contribution in [-0.4, -0.2) is 0 Å². The van der Waals surface area contributed by atoms with E-state index in [0.29, 0.717) is 0 Å². The first-order chi connectivity index (χ1) is 8.24. The van der Waals surface area contributed by atoms with Crippen LogP contribution in [0.2, 0.25) is 5.02 Å². The zero-order chi connectivity index (χ0) is 11.8. The Morgan fingerprint density at radius 2 is 1.94 bits per heavy atom. The summed E-state index contributed by atoms with van der Waals surface area (Å²) < 4.78 is 13.2. The molecule has 0 atom stereocenters. The second kappa shape index (κ2) is 4.35. The molecule has 2 aromatic carbocycles. The van der Waals surface area contributed by atoms with E-state index in [1.807, 2.05) is 18.2 Å². The highest BCUT2D eigenvalue weighted by atomic mass is 35.5. The van der Waals surface area contributed by atoms with Crippen molar-refractivity contribution in [3.63, 3.8) is 0 Å². The molecule has 2 aromatic rings. The van der Waals surface area contributed by atoms with E-state index >= 15 is 0 Å². The van der Waals surface area contributed by atoms with E-state index in [9.17, 15) is 4.39 Å². The van der Waals surface area contributed by atoms with Crippen LogP contribution in [0.25, 0.3) is 0 Å². The summed E-state index contributed by atoms with van der Waals surface area (Å²) in [7, 11) is 0. The van der Waals surface area contributed by atoms with Crippen molar-refractivity contribution in [2.24, 2.45) is 0 Å². The van der Waals surface area contributed by atoms with Gasteiger partial charge in [-0.15, -0.1) is 11.8 Å². The number of hydrogen-bond donors (Lipinski definition) is 0. The van der Waals surface area contributed by atoms with E-state index in [4.69, 9.17) is 11.6 Å². The SMILES string of the molecule is Fc1ccc2c(c1)Cc1cccc(Cl)c1SC2. The van der Waals surface area contributed by atoms with Crippen LogP contribution >= 0.6 is 23.4 Å². The number of benzene rings is 2. The van der Waals surface area contributed by atoms with Gasteiger partial charge < -0.3 is 0 Å². The highest BCUT2D eigenvalue weighted by Crippen LogP contribution is 2.38. The zero-order valence-corrected chi connectivity index (χ0v) is 10.6. The van der Waals surface area contributed by atoms with E-state index in [1.54, 1.807) is 17.8 Å². The summed E-state index contributed by atoms with van der Waals surface area (Å²) in [6.45, 7) is 0. The summed E-state index contributed by atoms with van der Waals surface area (Å²) in [6.07, 6.45) is 0.760. The van der Waals surface area contributed by atoms with Crippen LogP contribution in [0.15, 0.2) is 41.3 Å². The Balaban J connectivity index is 2.12. The summed E-state index contributed by atoms with van der Waals surface area (Å²) in [5.74, 6) is 0.686. The van der Waals surface area contributed by atoms with Crippen LogP contribution in [0, 0.1) is 5.82 Å². The minimum Gasteiger partial charge on any atom is -0.207 e. The van der Waals surface area contributed by atoms with Crippen LogP contribution in [0.4, 0.5) is 4.39 Å². The molecular weight excluding hydrogens is 255 g/mol. The Morgan fingerprint density at radius 1 is 1.06 bits per heavy atom. The molecule has 0 radical (unpaired) electrons. The molecule has 0 fully saturated rings. The fourth-order valence-corrected chi connectivity index (χ4v) is 3.58. The molecule has 0 bridgehead atoms. The summed E-state index contributed by atoms with van der Waals surface area (Å²) in [4.78, 5) is 1.13. The summed E-state index contributed by atoms with van der Waals surface area (Å²) in [5.41, 5.74) is 3.45. The standard InChI is InChI=1S/C14H10ClFS/c15-13-3-1-2-9-6-11-7-12(16)5-4-10(11)8-17-14(9)13/h1-5,7H,6,8H2. The number of thioether (sulfide) groups is 1. The molecule has 3 heteroatoms. The maximum absolute atomic E-state index is 13.2. The van der Waals surface area contributed by atoms with Crippen LogP contribution < -0.4 is 0 Å². The van der Waals surface area contributed by atoms with E-state index in [2.05, 4.69) is 6.07 Å². The second-order valence-electron chi connectivity index (χ2n) is 4.11. The molecule has 86 valence electrons. The molecule has 0 nitrogen and oxygen atoms in total. The van der Waals surface area contributed by atoms with Gasteiger partial charge in [-0.1, -0.05) is 29.8 Å². The molecule has 0 spiro atoms. The third kappa shape index (κ3) is 2.07. The van der Waals surface area contributed by atoms with Gasteiger partial charge in [-0.3, -0.25) is 0 Å². The van der Waals surface area contributed by atoms with Crippen molar-refractivity contribution in [3.05, 3.63) is 63.9 Å². The molecule has 0 aliphatic carbocycles. The van der Waals surface area contributed by atoms with Crippen molar-refractivity contribution in [2.75, 3.05) is 0 Å². The molecule has 1 aliphatic rings. The Bertz CT molecular complexity index is 580. The molecule has 0 saturated heterocycles. The summed E-state index contributed by atoms with van der Waals surface area (Å²) in [6, 6.07) is 10.9. The van der Waals surface area contributed by atoms with Crippen LogP contribution in [0.5, 0.6) is 0 Å². The molecule has 0 aromatic heterocycles. The minimum absolute atomic E-state index is 0.167. The fraction of sp³-hybridized carbons (Fsp3) is 0.143. The van der Waals surface area contributed by atoms with Gasteiger partial charge in [-0.2, -0.15) is 0 Å². The third-order valence-corrected chi connectivity index (χ3v) is 4.62. The lowest BCUT2D eigenvalue weighted by Gasteiger charge is -2.06. The Morgan fingerprint density at radius 3 is 2.82 bits per heavy atom. The molecule has 1 aliphatic heterocycles. The van der Waals surface area contributed by atoms with Gasteiger partial charge in [0.25, 0.3) is 0 Å². The third-order valence-electron chi connectivity index (χ3n) is 2.97. The molecule has 1 heterocycles. The van der Waals surface area contributed by atoms with Crippen molar-refractivity contribution < 1.29 is 4.39 Å². The predicted octanol–water partition coefficient (Wildman–Crippen LogP) is 4.68. The van der Waals surface area contributed by atoms with E-state index in [1.165, 1.54) is 17.2 Å². The molecule has 0 N–H and O–H groups in total. The average molecular weight is 265 g/mol. The van der Waals surface area contributed by atoms with Gasteiger partial charge >= 0.3 is 0 Å². The van der Waals surface area contributed by atoms with E-state index < -0.39 is 0 Å². The number of rotatable bonds is 0. The summed E-state index contributed by atoms with van der Waals surface area (Å²) in [5, 5.41) is 0.792. The molecule has 0 unspecified atom stereocenters. The topological polar surface area (TPSA) is 0 Å². The maximum Gasteiger partial charge on any atom is 0.123 e. The first-order valence-electron chi connectivity index (χ1n) is 5.41. The lowest BCUT2D eigenvalue weighted by atomic mass is 10.0. The lowest BCUT2D eigenvalue weighted by molar-refractivity contribution is 0.625. The van der Waals surface area contributed by atoms with Gasteiger partial charge in [0, 0.05) is 10.6 Å². The van der Waals surface area contributed by atoms with Crippen molar-refractivity contribution in [3.8, 4) is 0 Å². The fourth-order valence-electron chi connectivity index (χ4n) is 2.11.